The van der Waals surface area contributed by atoms with E-state index in [0.29, 0.717) is 13.2 Å². The fraction of sp³-hybridized carbons (Fsp3) is 0.263. The molecule has 1 aliphatic heterocycles. The first-order valence-electron chi connectivity index (χ1n) is 8.60. The average Bonchev–Trinajstić information content (AvgIpc) is 2.74. The third-order valence-electron chi connectivity index (χ3n) is 4.28. The molecular formula is C19H20N2O6S. The number of anilines is 1. The van der Waals surface area contributed by atoms with Gasteiger partial charge in [-0.2, -0.15) is 4.31 Å². The molecule has 0 atom stereocenters. The standard InChI is InChI=1S/C19H20N2O6S/c1-26-19(23)16-7-2-3-8-17(16)20-18(22)14-5-4-6-15(13-14)28(24,25)21-9-11-27-12-10-21/h2-8,13H,9-12H2,1H3,(H,20,22). The number of amides is 1. The van der Waals surface area contributed by atoms with Crippen LogP contribution < -0.4 is 5.32 Å². The van der Waals surface area contributed by atoms with Gasteiger partial charge in [-0.3, -0.25) is 4.79 Å². The summed E-state index contributed by atoms with van der Waals surface area (Å²) in [6, 6.07) is 12.2. The molecule has 1 amide bonds. The van der Waals surface area contributed by atoms with Crippen molar-refractivity contribution in [3.63, 3.8) is 0 Å². The second-order valence-electron chi connectivity index (χ2n) is 6.04. The van der Waals surface area contributed by atoms with E-state index in [2.05, 4.69) is 5.32 Å². The number of morpholine rings is 1. The van der Waals surface area contributed by atoms with Crippen LogP contribution in [0.2, 0.25) is 0 Å². The van der Waals surface area contributed by atoms with E-state index in [1.807, 2.05) is 0 Å². The Labute approximate surface area is 163 Å². The fourth-order valence-corrected chi connectivity index (χ4v) is 4.26. The van der Waals surface area contributed by atoms with Crippen molar-refractivity contribution in [2.75, 3.05) is 38.7 Å². The number of carbonyl (C=O) groups is 2. The van der Waals surface area contributed by atoms with Gasteiger partial charge in [0.1, 0.15) is 0 Å². The molecule has 2 aromatic rings. The Hall–Kier alpha value is -2.75. The normalized spacial score (nSPS) is 15.0. The van der Waals surface area contributed by atoms with Crippen molar-refractivity contribution >= 4 is 27.6 Å². The van der Waals surface area contributed by atoms with Crippen LogP contribution in [-0.4, -0.2) is 58.0 Å². The number of hydrogen-bond acceptors (Lipinski definition) is 6. The van der Waals surface area contributed by atoms with E-state index in [0.717, 1.165) is 0 Å². The molecule has 2 aromatic carbocycles. The Morgan fingerprint density at radius 2 is 1.79 bits per heavy atom. The second kappa shape index (κ2) is 8.51. The van der Waals surface area contributed by atoms with Gasteiger partial charge in [0.2, 0.25) is 10.0 Å². The van der Waals surface area contributed by atoms with Crippen molar-refractivity contribution in [2.45, 2.75) is 4.90 Å². The quantitative estimate of drug-likeness (QED) is 0.762. The van der Waals surface area contributed by atoms with Gasteiger partial charge >= 0.3 is 5.97 Å². The summed E-state index contributed by atoms with van der Waals surface area (Å²) in [6.45, 7) is 1.21. The van der Waals surface area contributed by atoms with Crippen molar-refractivity contribution in [3.05, 3.63) is 59.7 Å². The summed E-state index contributed by atoms with van der Waals surface area (Å²) in [5, 5.41) is 2.63. The largest absolute Gasteiger partial charge is 0.465 e. The Bertz CT molecular complexity index is 983. The van der Waals surface area contributed by atoms with Gasteiger partial charge in [-0.1, -0.05) is 18.2 Å². The number of ether oxygens (including phenoxy) is 2. The number of sulfonamides is 1. The molecule has 1 fully saturated rings. The molecule has 0 bridgehead atoms. The Morgan fingerprint density at radius 3 is 2.50 bits per heavy atom. The van der Waals surface area contributed by atoms with Gasteiger partial charge in [-0.25, -0.2) is 13.2 Å². The van der Waals surface area contributed by atoms with Crippen LogP contribution in [0.5, 0.6) is 0 Å². The third-order valence-corrected chi connectivity index (χ3v) is 6.18. The van der Waals surface area contributed by atoms with Gasteiger partial charge in [-0.15, -0.1) is 0 Å². The minimum Gasteiger partial charge on any atom is -0.465 e. The summed E-state index contributed by atoms with van der Waals surface area (Å²) >= 11 is 0. The number of benzene rings is 2. The smallest absolute Gasteiger partial charge is 0.339 e. The van der Waals surface area contributed by atoms with E-state index in [1.165, 1.54) is 41.7 Å². The molecular weight excluding hydrogens is 384 g/mol. The molecule has 3 rings (SSSR count). The highest BCUT2D eigenvalue weighted by Gasteiger charge is 2.27. The third kappa shape index (κ3) is 4.22. The van der Waals surface area contributed by atoms with Crippen molar-refractivity contribution in [2.24, 2.45) is 0 Å². The first-order chi connectivity index (χ1) is 13.4. The first-order valence-corrected chi connectivity index (χ1v) is 10.0. The van der Waals surface area contributed by atoms with Crippen molar-refractivity contribution in [3.8, 4) is 0 Å². The minimum absolute atomic E-state index is 0.0308. The molecule has 28 heavy (non-hydrogen) atoms. The van der Waals surface area contributed by atoms with Crippen LogP contribution in [0.25, 0.3) is 0 Å². The maximum absolute atomic E-state index is 12.8. The number of nitrogens with zero attached hydrogens (tertiary/aromatic N) is 1. The van der Waals surface area contributed by atoms with Crippen molar-refractivity contribution in [1.82, 2.24) is 4.31 Å². The van der Waals surface area contributed by atoms with E-state index in [9.17, 15) is 18.0 Å². The number of rotatable bonds is 5. The fourth-order valence-electron chi connectivity index (χ4n) is 2.81. The molecule has 1 heterocycles. The minimum atomic E-state index is -3.72. The van der Waals surface area contributed by atoms with Crippen LogP contribution in [0.4, 0.5) is 5.69 Å². The van der Waals surface area contributed by atoms with Crippen LogP contribution in [0.1, 0.15) is 20.7 Å². The SMILES string of the molecule is COC(=O)c1ccccc1NC(=O)c1cccc(S(=O)(=O)N2CCOCC2)c1. The summed E-state index contributed by atoms with van der Waals surface area (Å²) in [5.41, 5.74) is 0.644. The predicted octanol–water partition coefficient (Wildman–Crippen LogP) is 1.75. The molecule has 0 aliphatic carbocycles. The zero-order valence-electron chi connectivity index (χ0n) is 15.3. The molecule has 1 saturated heterocycles. The van der Waals surface area contributed by atoms with E-state index in [1.54, 1.807) is 18.2 Å². The van der Waals surface area contributed by atoms with E-state index in [4.69, 9.17) is 9.47 Å². The molecule has 1 N–H and O–H groups in total. The molecule has 8 nitrogen and oxygen atoms in total. The lowest BCUT2D eigenvalue weighted by Gasteiger charge is -2.26. The monoisotopic (exact) mass is 404 g/mol. The van der Waals surface area contributed by atoms with E-state index < -0.39 is 21.9 Å². The number of carbonyl (C=O) groups excluding carboxylic acids is 2. The highest BCUT2D eigenvalue weighted by molar-refractivity contribution is 7.89. The number of esters is 1. The lowest BCUT2D eigenvalue weighted by molar-refractivity contribution is 0.0602. The van der Waals surface area contributed by atoms with Gasteiger partial charge < -0.3 is 14.8 Å². The molecule has 0 saturated carbocycles. The lowest BCUT2D eigenvalue weighted by Crippen LogP contribution is -2.40. The van der Waals surface area contributed by atoms with Gasteiger partial charge in [0.25, 0.3) is 5.91 Å². The van der Waals surface area contributed by atoms with E-state index >= 15 is 0 Å². The first kappa shape index (κ1) is 20.0. The Morgan fingerprint density at radius 1 is 1.07 bits per heavy atom. The zero-order valence-corrected chi connectivity index (χ0v) is 16.1. The Balaban J connectivity index is 1.85. The summed E-state index contributed by atoms with van der Waals surface area (Å²) in [5.74, 6) is -1.12. The predicted molar refractivity (Wildman–Crippen MR) is 102 cm³/mol. The van der Waals surface area contributed by atoms with Gasteiger partial charge in [-0.05, 0) is 30.3 Å². The van der Waals surface area contributed by atoms with Crippen LogP contribution in [0.3, 0.4) is 0 Å². The zero-order chi connectivity index (χ0) is 20.1. The maximum Gasteiger partial charge on any atom is 0.339 e. The highest BCUT2D eigenvalue weighted by Crippen LogP contribution is 2.21. The average molecular weight is 404 g/mol. The van der Waals surface area contributed by atoms with Crippen molar-refractivity contribution in [1.29, 1.82) is 0 Å². The maximum atomic E-state index is 12.8. The summed E-state index contributed by atoms with van der Waals surface area (Å²) in [7, 11) is -2.47. The molecule has 148 valence electrons. The molecule has 0 radical (unpaired) electrons. The number of nitrogens with one attached hydrogen (secondary N) is 1. The van der Waals surface area contributed by atoms with Gasteiger partial charge in [0, 0.05) is 18.7 Å². The topological polar surface area (TPSA) is 102 Å². The summed E-state index contributed by atoms with van der Waals surface area (Å²) in [4.78, 5) is 24.5. The van der Waals surface area contributed by atoms with E-state index in [-0.39, 0.29) is 34.8 Å². The van der Waals surface area contributed by atoms with Crippen LogP contribution in [-0.2, 0) is 19.5 Å². The molecule has 0 spiro atoms. The lowest BCUT2D eigenvalue weighted by atomic mass is 10.1. The van der Waals surface area contributed by atoms with Crippen LogP contribution in [0, 0.1) is 0 Å². The Kier molecular flexibility index (Phi) is 6.08. The molecule has 1 aliphatic rings. The highest BCUT2D eigenvalue weighted by atomic mass is 32.2. The van der Waals surface area contributed by atoms with Crippen LogP contribution in [0.15, 0.2) is 53.4 Å². The number of hydrogen-bond donors (Lipinski definition) is 1. The summed E-state index contributed by atoms with van der Waals surface area (Å²) < 4.78 is 36.8. The second-order valence-corrected chi connectivity index (χ2v) is 7.97. The summed E-state index contributed by atoms with van der Waals surface area (Å²) in [6.07, 6.45) is 0. The van der Waals surface area contributed by atoms with Gasteiger partial charge in [0.05, 0.1) is 36.5 Å². The molecule has 0 aromatic heterocycles. The molecule has 0 unspecified atom stereocenters. The van der Waals surface area contributed by atoms with Gasteiger partial charge in [0.15, 0.2) is 0 Å². The van der Waals surface area contributed by atoms with Crippen molar-refractivity contribution < 1.29 is 27.5 Å². The number of para-hydroxylation sites is 1. The van der Waals surface area contributed by atoms with Crippen LogP contribution >= 0.6 is 0 Å². The molecule has 9 heteroatoms. The number of methoxy groups -OCH3 is 1.